The van der Waals surface area contributed by atoms with Crippen molar-refractivity contribution in [3.8, 4) is 0 Å². The van der Waals surface area contributed by atoms with Gasteiger partial charge in [0.05, 0.1) is 12.7 Å². The van der Waals surface area contributed by atoms with E-state index in [1.165, 1.54) is 6.07 Å². The molecule has 0 unspecified atom stereocenters. The second kappa shape index (κ2) is 4.79. The molecule has 0 spiro atoms. The van der Waals surface area contributed by atoms with Gasteiger partial charge in [0.1, 0.15) is 0 Å². The number of benzene rings is 1. The summed E-state index contributed by atoms with van der Waals surface area (Å²) < 4.78 is 31.1. The van der Waals surface area contributed by atoms with Crippen molar-refractivity contribution < 1.29 is 18.3 Å². The molecule has 1 amide bonds. The summed E-state index contributed by atoms with van der Waals surface area (Å²) in [6, 6.07) is 3.19. The summed E-state index contributed by atoms with van der Waals surface area (Å²) in [5.41, 5.74) is 0.165. The fourth-order valence-electron chi connectivity index (χ4n) is 1.81. The van der Waals surface area contributed by atoms with Crippen molar-refractivity contribution >= 4 is 5.91 Å². The Hall–Kier alpha value is -1.49. The molecule has 1 heterocycles. The van der Waals surface area contributed by atoms with Gasteiger partial charge in [0, 0.05) is 18.7 Å². The van der Waals surface area contributed by atoms with E-state index in [4.69, 9.17) is 4.74 Å². The summed E-state index contributed by atoms with van der Waals surface area (Å²) in [5.74, 6) is -2.24. The number of nitrogens with zero attached hydrogens (tertiary/aromatic N) is 1. The van der Waals surface area contributed by atoms with Gasteiger partial charge in [0.15, 0.2) is 11.6 Å². The highest BCUT2D eigenvalue weighted by Gasteiger charge is 2.23. The second-order valence-electron chi connectivity index (χ2n) is 4.06. The molecule has 1 fully saturated rings. The number of morpholine rings is 1. The number of rotatable bonds is 1. The number of amides is 1. The first-order valence-corrected chi connectivity index (χ1v) is 5.44. The Morgan fingerprint density at radius 1 is 1.41 bits per heavy atom. The van der Waals surface area contributed by atoms with E-state index in [0.717, 1.165) is 12.1 Å². The summed E-state index contributed by atoms with van der Waals surface area (Å²) in [5, 5.41) is 0. The van der Waals surface area contributed by atoms with Crippen molar-refractivity contribution in [2.45, 2.75) is 13.0 Å². The Bertz CT molecular complexity index is 437. The topological polar surface area (TPSA) is 29.5 Å². The first-order valence-electron chi connectivity index (χ1n) is 5.44. The molecule has 0 saturated carbocycles. The van der Waals surface area contributed by atoms with Crippen molar-refractivity contribution in [1.29, 1.82) is 0 Å². The minimum Gasteiger partial charge on any atom is -0.375 e. The van der Waals surface area contributed by atoms with Crippen molar-refractivity contribution in [2.24, 2.45) is 0 Å². The number of halogens is 2. The van der Waals surface area contributed by atoms with Crippen LogP contribution >= 0.6 is 0 Å². The van der Waals surface area contributed by atoms with E-state index < -0.39 is 11.6 Å². The fraction of sp³-hybridized carbons (Fsp3) is 0.417. The lowest BCUT2D eigenvalue weighted by molar-refractivity contribution is -0.0124. The lowest BCUT2D eigenvalue weighted by atomic mass is 10.1. The van der Waals surface area contributed by atoms with Crippen molar-refractivity contribution in [1.82, 2.24) is 4.90 Å². The van der Waals surface area contributed by atoms with Gasteiger partial charge in [-0.3, -0.25) is 4.79 Å². The number of hydrogen-bond acceptors (Lipinski definition) is 2. The molecule has 3 nitrogen and oxygen atoms in total. The Morgan fingerprint density at radius 3 is 2.82 bits per heavy atom. The molecule has 0 bridgehead atoms. The van der Waals surface area contributed by atoms with Gasteiger partial charge in [-0.1, -0.05) is 0 Å². The fourth-order valence-corrected chi connectivity index (χ4v) is 1.81. The summed E-state index contributed by atoms with van der Waals surface area (Å²) >= 11 is 0. The van der Waals surface area contributed by atoms with Gasteiger partial charge in [-0.15, -0.1) is 0 Å². The zero-order valence-corrected chi connectivity index (χ0v) is 9.45. The van der Waals surface area contributed by atoms with Crippen LogP contribution in [-0.2, 0) is 4.74 Å². The molecular weight excluding hydrogens is 228 g/mol. The lowest BCUT2D eigenvalue weighted by Gasteiger charge is -2.31. The minimum absolute atomic E-state index is 0.0296. The van der Waals surface area contributed by atoms with Crippen LogP contribution in [0.4, 0.5) is 8.78 Å². The zero-order chi connectivity index (χ0) is 12.4. The van der Waals surface area contributed by atoms with Crippen LogP contribution in [0.5, 0.6) is 0 Å². The van der Waals surface area contributed by atoms with E-state index in [-0.39, 0.29) is 17.6 Å². The molecule has 1 saturated heterocycles. The van der Waals surface area contributed by atoms with E-state index in [1.54, 1.807) is 4.90 Å². The SMILES string of the molecule is C[C@@H]1CN(C(=O)c2ccc(F)c(F)c2)CCO1. The molecule has 17 heavy (non-hydrogen) atoms. The standard InChI is InChI=1S/C12H13F2NO2/c1-8-7-15(4-5-17-8)12(16)9-2-3-10(13)11(14)6-9/h2-3,6,8H,4-5,7H2,1H3/t8-/m1/s1. The van der Waals surface area contributed by atoms with E-state index in [1.807, 2.05) is 6.92 Å². The molecule has 92 valence electrons. The largest absolute Gasteiger partial charge is 0.375 e. The van der Waals surface area contributed by atoms with Crippen molar-refractivity contribution in [3.63, 3.8) is 0 Å². The van der Waals surface area contributed by atoms with Gasteiger partial charge >= 0.3 is 0 Å². The molecule has 0 N–H and O–H groups in total. The van der Waals surface area contributed by atoms with Crippen LogP contribution in [0.2, 0.25) is 0 Å². The van der Waals surface area contributed by atoms with Crippen LogP contribution in [0.1, 0.15) is 17.3 Å². The van der Waals surface area contributed by atoms with Gasteiger partial charge < -0.3 is 9.64 Å². The highest BCUT2D eigenvalue weighted by Crippen LogP contribution is 2.13. The third kappa shape index (κ3) is 2.61. The Kier molecular flexibility index (Phi) is 3.38. The monoisotopic (exact) mass is 241 g/mol. The van der Waals surface area contributed by atoms with Crippen LogP contribution in [0.15, 0.2) is 18.2 Å². The maximum atomic E-state index is 13.0. The third-order valence-electron chi connectivity index (χ3n) is 2.69. The van der Waals surface area contributed by atoms with E-state index in [2.05, 4.69) is 0 Å². The Labute approximate surface area is 98.0 Å². The minimum atomic E-state index is -1.00. The number of carbonyl (C=O) groups is 1. The molecular formula is C12H13F2NO2. The highest BCUT2D eigenvalue weighted by molar-refractivity contribution is 5.94. The van der Waals surface area contributed by atoms with Crippen molar-refractivity contribution in [3.05, 3.63) is 35.4 Å². The van der Waals surface area contributed by atoms with E-state index in [0.29, 0.717) is 19.7 Å². The first-order chi connectivity index (χ1) is 8.08. The zero-order valence-electron chi connectivity index (χ0n) is 9.45. The third-order valence-corrected chi connectivity index (χ3v) is 2.69. The van der Waals surface area contributed by atoms with Gasteiger partial charge in [-0.25, -0.2) is 8.78 Å². The average Bonchev–Trinajstić information content (AvgIpc) is 2.32. The summed E-state index contributed by atoms with van der Waals surface area (Å²) in [7, 11) is 0. The molecule has 1 aromatic rings. The molecule has 0 aromatic heterocycles. The second-order valence-corrected chi connectivity index (χ2v) is 4.06. The molecule has 1 aromatic carbocycles. The van der Waals surface area contributed by atoms with Crippen LogP contribution in [0.25, 0.3) is 0 Å². The molecule has 0 aliphatic carbocycles. The summed E-state index contributed by atoms with van der Waals surface area (Å²) in [6.45, 7) is 3.28. The van der Waals surface area contributed by atoms with Crippen LogP contribution in [-0.4, -0.2) is 36.6 Å². The maximum Gasteiger partial charge on any atom is 0.254 e. The van der Waals surface area contributed by atoms with E-state index >= 15 is 0 Å². The molecule has 1 atom stereocenters. The van der Waals surface area contributed by atoms with E-state index in [9.17, 15) is 13.6 Å². The van der Waals surface area contributed by atoms with Gasteiger partial charge in [-0.05, 0) is 25.1 Å². The number of hydrogen-bond donors (Lipinski definition) is 0. The van der Waals surface area contributed by atoms with Gasteiger partial charge in [-0.2, -0.15) is 0 Å². The smallest absolute Gasteiger partial charge is 0.254 e. The molecule has 2 rings (SSSR count). The normalized spacial score (nSPS) is 20.4. The van der Waals surface area contributed by atoms with Crippen LogP contribution < -0.4 is 0 Å². The lowest BCUT2D eigenvalue weighted by Crippen LogP contribution is -2.44. The predicted octanol–water partition coefficient (Wildman–Crippen LogP) is 1.83. The molecule has 1 aliphatic heterocycles. The van der Waals surface area contributed by atoms with Crippen LogP contribution in [0.3, 0.4) is 0 Å². The Balaban J connectivity index is 2.15. The Morgan fingerprint density at radius 2 is 2.18 bits per heavy atom. The highest BCUT2D eigenvalue weighted by atomic mass is 19.2. The first kappa shape index (κ1) is 12.0. The molecule has 0 radical (unpaired) electrons. The maximum absolute atomic E-state index is 13.0. The van der Waals surface area contributed by atoms with Crippen LogP contribution in [0, 0.1) is 11.6 Å². The number of carbonyl (C=O) groups excluding carboxylic acids is 1. The van der Waals surface area contributed by atoms with Gasteiger partial charge in [0.2, 0.25) is 0 Å². The predicted molar refractivity (Wildman–Crippen MR) is 57.7 cm³/mol. The van der Waals surface area contributed by atoms with Crippen molar-refractivity contribution in [2.75, 3.05) is 19.7 Å². The summed E-state index contributed by atoms with van der Waals surface area (Å²) in [6.07, 6.45) is -0.0296. The average molecular weight is 241 g/mol. The van der Waals surface area contributed by atoms with Gasteiger partial charge in [0.25, 0.3) is 5.91 Å². The molecule has 5 heteroatoms. The molecule has 1 aliphatic rings. The summed E-state index contributed by atoms with van der Waals surface area (Å²) in [4.78, 5) is 13.6. The number of ether oxygens (including phenoxy) is 1. The quantitative estimate of drug-likeness (QED) is 0.750.